The normalized spacial score (nSPS) is 10.6. The van der Waals surface area contributed by atoms with Crippen molar-refractivity contribution in [1.29, 1.82) is 0 Å². The summed E-state index contributed by atoms with van der Waals surface area (Å²) >= 11 is 0. The minimum Gasteiger partial charge on any atom is -0.288 e. The van der Waals surface area contributed by atoms with Crippen molar-refractivity contribution in [2.24, 2.45) is 7.05 Å². The van der Waals surface area contributed by atoms with Gasteiger partial charge in [-0.1, -0.05) is 6.07 Å². The first-order valence-electron chi connectivity index (χ1n) is 4.99. The van der Waals surface area contributed by atoms with Crippen molar-refractivity contribution < 1.29 is 13.6 Å². The smallest absolute Gasteiger partial charge is 0.202 e. The highest BCUT2D eigenvalue weighted by Crippen LogP contribution is 2.18. The molecule has 0 saturated carbocycles. The van der Waals surface area contributed by atoms with Crippen LogP contribution in [0.1, 0.15) is 21.6 Å². The average molecular weight is 236 g/mol. The molecule has 1 aromatic carbocycles. The van der Waals surface area contributed by atoms with Crippen molar-refractivity contribution in [1.82, 2.24) is 9.78 Å². The topological polar surface area (TPSA) is 34.9 Å². The fourth-order valence-corrected chi connectivity index (χ4v) is 1.57. The molecule has 5 heteroatoms. The number of carbonyl (C=O) groups is 1. The number of aryl methyl sites for hydroxylation is 1. The van der Waals surface area contributed by atoms with Gasteiger partial charge in [0.05, 0.1) is 17.3 Å². The molecule has 1 heterocycles. The molecule has 17 heavy (non-hydrogen) atoms. The second-order valence-corrected chi connectivity index (χ2v) is 3.69. The molecule has 1 aromatic heterocycles. The monoisotopic (exact) mass is 236 g/mol. The van der Waals surface area contributed by atoms with E-state index in [9.17, 15) is 13.6 Å². The van der Waals surface area contributed by atoms with Crippen LogP contribution in [0.15, 0.2) is 24.4 Å². The van der Waals surface area contributed by atoms with Crippen molar-refractivity contribution in [2.75, 3.05) is 0 Å². The van der Waals surface area contributed by atoms with Crippen molar-refractivity contribution >= 4 is 5.78 Å². The molecule has 0 bridgehead atoms. The van der Waals surface area contributed by atoms with Gasteiger partial charge in [-0.3, -0.25) is 9.48 Å². The zero-order valence-corrected chi connectivity index (χ0v) is 9.37. The molecule has 0 spiro atoms. The van der Waals surface area contributed by atoms with Gasteiger partial charge >= 0.3 is 0 Å². The lowest BCUT2D eigenvalue weighted by Crippen LogP contribution is -2.08. The zero-order valence-electron chi connectivity index (χ0n) is 9.37. The van der Waals surface area contributed by atoms with E-state index in [0.717, 1.165) is 12.1 Å². The lowest BCUT2D eigenvalue weighted by molar-refractivity contribution is 0.103. The molecule has 0 radical (unpaired) electrons. The number of benzene rings is 1. The largest absolute Gasteiger partial charge is 0.288 e. The second-order valence-electron chi connectivity index (χ2n) is 3.69. The van der Waals surface area contributed by atoms with E-state index in [1.807, 2.05) is 0 Å². The van der Waals surface area contributed by atoms with Crippen LogP contribution in [0.25, 0.3) is 0 Å². The van der Waals surface area contributed by atoms with Gasteiger partial charge in [0.25, 0.3) is 0 Å². The van der Waals surface area contributed by atoms with E-state index in [1.165, 1.54) is 16.9 Å². The number of hydrogen-bond acceptors (Lipinski definition) is 2. The van der Waals surface area contributed by atoms with E-state index in [1.54, 1.807) is 14.0 Å². The molecule has 0 aliphatic rings. The number of rotatable bonds is 2. The molecular weight excluding hydrogens is 226 g/mol. The fraction of sp³-hybridized carbons (Fsp3) is 0.167. The number of aromatic nitrogens is 2. The number of nitrogens with zero attached hydrogens (tertiary/aromatic N) is 2. The quantitative estimate of drug-likeness (QED) is 0.749. The number of ketones is 1. The van der Waals surface area contributed by atoms with Crippen molar-refractivity contribution in [3.05, 3.63) is 52.9 Å². The maximum atomic E-state index is 13.4. The van der Waals surface area contributed by atoms with Crippen LogP contribution in [0.2, 0.25) is 0 Å². The maximum absolute atomic E-state index is 13.4. The Morgan fingerprint density at radius 2 is 1.88 bits per heavy atom. The summed E-state index contributed by atoms with van der Waals surface area (Å²) in [5, 5.41) is 3.87. The van der Waals surface area contributed by atoms with Gasteiger partial charge in [0.1, 0.15) is 11.6 Å². The Hall–Kier alpha value is -2.04. The summed E-state index contributed by atoms with van der Waals surface area (Å²) in [6.45, 7) is 1.67. The zero-order chi connectivity index (χ0) is 12.6. The highest BCUT2D eigenvalue weighted by molar-refractivity contribution is 6.09. The van der Waals surface area contributed by atoms with Gasteiger partial charge < -0.3 is 0 Å². The first-order chi connectivity index (χ1) is 8.02. The Bertz CT molecular complexity index is 570. The van der Waals surface area contributed by atoms with E-state index in [-0.39, 0.29) is 5.56 Å². The first kappa shape index (κ1) is 11.4. The summed E-state index contributed by atoms with van der Waals surface area (Å²) < 4.78 is 28.4. The third kappa shape index (κ3) is 1.84. The van der Waals surface area contributed by atoms with Crippen LogP contribution in [-0.2, 0) is 7.05 Å². The van der Waals surface area contributed by atoms with Crippen molar-refractivity contribution in [3.8, 4) is 0 Å². The lowest BCUT2D eigenvalue weighted by Gasteiger charge is -2.03. The van der Waals surface area contributed by atoms with Crippen LogP contribution < -0.4 is 0 Å². The van der Waals surface area contributed by atoms with Gasteiger partial charge in [0.15, 0.2) is 0 Å². The standard InChI is InChI=1S/C12H10F2N2O/c1-7-8(6-15-16(7)2)12(17)11-9(13)4-3-5-10(11)14/h3-6H,1-2H3. The Labute approximate surface area is 96.7 Å². The predicted octanol–water partition coefficient (Wildman–Crippen LogP) is 2.24. The Balaban J connectivity index is 2.55. The molecule has 2 aromatic rings. The van der Waals surface area contributed by atoms with E-state index < -0.39 is 23.0 Å². The fourth-order valence-electron chi connectivity index (χ4n) is 1.57. The minimum atomic E-state index is -0.863. The molecule has 0 fully saturated rings. The molecule has 3 nitrogen and oxygen atoms in total. The molecule has 0 amide bonds. The molecular formula is C12H10F2N2O. The predicted molar refractivity (Wildman–Crippen MR) is 57.7 cm³/mol. The summed E-state index contributed by atoms with van der Waals surface area (Å²) in [7, 11) is 1.66. The molecule has 0 N–H and O–H groups in total. The van der Waals surface area contributed by atoms with Gasteiger partial charge in [0, 0.05) is 12.7 Å². The van der Waals surface area contributed by atoms with E-state index >= 15 is 0 Å². The van der Waals surface area contributed by atoms with Gasteiger partial charge in [-0.2, -0.15) is 5.10 Å². The summed E-state index contributed by atoms with van der Waals surface area (Å²) in [5.74, 6) is -2.41. The molecule has 0 aliphatic heterocycles. The van der Waals surface area contributed by atoms with Crippen LogP contribution in [-0.4, -0.2) is 15.6 Å². The maximum Gasteiger partial charge on any atom is 0.202 e. The summed E-state index contributed by atoms with van der Waals surface area (Å²) in [5.41, 5.74) is 0.234. The molecule has 2 rings (SSSR count). The van der Waals surface area contributed by atoms with Crippen molar-refractivity contribution in [3.63, 3.8) is 0 Å². The number of carbonyl (C=O) groups excluding carboxylic acids is 1. The van der Waals surface area contributed by atoms with Crippen LogP contribution in [0.5, 0.6) is 0 Å². The average Bonchev–Trinajstić information content (AvgIpc) is 2.59. The summed E-state index contributed by atoms with van der Waals surface area (Å²) in [6, 6.07) is 3.33. The third-order valence-corrected chi connectivity index (χ3v) is 2.67. The summed E-state index contributed by atoms with van der Waals surface area (Å²) in [4.78, 5) is 12.0. The van der Waals surface area contributed by atoms with Gasteiger partial charge in [0.2, 0.25) is 5.78 Å². The third-order valence-electron chi connectivity index (χ3n) is 2.67. The highest BCUT2D eigenvalue weighted by atomic mass is 19.1. The molecule has 0 unspecified atom stereocenters. The van der Waals surface area contributed by atoms with Gasteiger partial charge in [-0.15, -0.1) is 0 Å². The van der Waals surface area contributed by atoms with Gasteiger partial charge in [-0.05, 0) is 19.1 Å². The Morgan fingerprint density at radius 3 is 2.35 bits per heavy atom. The summed E-state index contributed by atoms with van der Waals surface area (Å²) in [6.07, 6.45) is 1.31. The molecule has 88 valence electrons. The second kappa shape index (κ2) is 4.08. The Kier molecular flexibility index (Phi) is 2.75. The van der Waals surface area contributed by atoms with Crippen molar-refractivity contribution in [2.45, 2.75) is 6.92 Å². The number of hydrogen-bond donors (Lipinski definition) is 0. The van der Waals surface area contributed by atoms with E-state index in [4.69, 9.17) is 0 Å². The number of halogens is 2. The van der Waals surface area contributed by atoms with E-state index in [2.05, 4.69) is 5.10 Å². The SMILES string of the molecule is Cc1c(C(=O)c2c(F)cccc2F)cnn1C. The van der Waals surface area contributed by atoms with E-state index in [0.29, 0.717) is 5.69 Å². The molecule has 0 atom stereocenters. The minimum absolute atomic E-state index is 0.205. The van der Waals surface area contributed by atoms with Crippen LogP contribution >= 0.6 is 0 Å². The van der Waals surface area contributed by atoms with Gasteiger partial charge in [-0.25, -0.2) is 8.78 Å². The van der Waals surface area contributed by atoms with Crippen LogP contribution in [0, 0.1) is 18.6 Å². The first-order valence-corrected chi connectivity index (χ1v) is 4.99. The molecule has 0 saturated heterocycles. The highest BCUT2D eigenvalue weighted by Gasteiger charge is 2.21. The van der Waals surface area contributed by atoms with Crippen LogP contribution in [0.3, 0.4) is 0 Å². The lowest BCUT2D eigenvalue weighted by atomic mass is 10.0. The van der Waals surface area contributed by atoms with Crippen LogP contribution in [0.4, 0.5) is 8.78 Å². The molecule has 0 aliphatic carbocycles. The Morgan fingerprint density at radius 1 is 1.29 bits per heavy atom.